The van der Waals surface area contributed by atoms with Gasteiger partial charge in [0.25, 0.3) is 5.82 Å². The van der Waals surface area contributed by atoms with Crippen LogP contribution in [0.1, 0.15) is 17.4 Å². The van der Waals surface area contributed by atoms with Gasteiger partial charge in [-0.2, -0.15) is 12.7 Å². The third-order valence-corrected chi connectivity index (χ3v) is 7.89. The molecule has 1 atom stereocenters. The van der Waals surface area contributed by atoms with Crippen molar-refractivity contribution in [1.29, 1.82) is 0 Å². The fourth-order valence-electron chi connectivity index (χ4n) is 3.72. The molecule has 0 amide bonds. The molecule has 0 bridgehead atoms. The van der Waals surface area contributed by atoms with Gasteiger partial charge in [0.2, 0.25) is 0 Å². The summed E-state index contributed by atoms with van der Waals surface area (Å²) in [6, 6.07) is 12.5. The van der Waals surface area contributed by atoms with Crippen molar-refractivity contribution in [3.8, 4) is 0 Å². The largest absolute Gasteiger partial charge is 0.380 e. The minimum Gasteiger partial charge on any atom is -0.361 e. The van der Waals surface area contributed by atoms with Gasteiger partial charge < -0.3 is 4.90 Å². The first-order valence-electron chi connectivity index (χ1n) is 9.31. The van der Waals surface area contributed by atoms with Crippen molar-refractivity contribution in [2.75, 3.05) is 24.5 Å². The smallest absolute Gasteiger partial charge is 0.361 e. The molecular formula is C20H20Cl3N4O2S+. The lowest BCUT2D eigenvalue weighted by Gasteiger charge is -2.42. The Labute approximate surface area is 190 Å². The zero-order valence-electron chi connectivity index (χ0n) is 16.1. The number of H-pyrrole nitrogens is 1. The van der Waals surface area contributed by atoms with Gasteiger partial charge in [0, 0.05) is 36.6 Å². The predicted molar refractivity (Wildman–Crippen MR) is 120 cm³/mol. The molecule has 1 fully saturated rings. The van der Waals surface area contributed by atoms with E-state index in [1.807, 2.05) is 18.2 Å². The van der Waals surface area contributed by atoms with Crippen LogP contribution in [0, 0.1) is 6.92 Å². The number of hydrogen-bond donors (Lipinski definition) is 1. The molecule has 1 saturated heterocycles. The van der Waals surface area contributed by atoms with Gasteiger partial charge >= 0.3 is 10.2 Å². The number of hydrogen-bond acceptors (Lipinski definition) is 3. The number of nitrogens with zero attached hydrogens (tertiary/aromatic N) is 3. The lowest BCUT2D eigenvalue weighted by molar-refractivity contribution is -0.522. The maximum Gasteiger partial charge on any atom is 0.380 e. The Kier molecular flexibility index (Phi) is 6.01. The molecule has 0 radical (unpaired) electrons. The number of anilines is 1. The quantitative estimate of drug-likeness (QED) is 0.562. The Morgan fingerprint density at radius 2 is 1.73 bits per heavy atom. The van der Waals surface area contributed by atoms with Crippen molar-refractivity contribution in [2.24, 2.45) is 0 Å². The molecule has 158 valence electrons. The molecule has 0 spiro atoms. The zero-order valence-corrected chi connectivity index (χ0v) is 19.2. The summed E-state index contributed by atoms with van der Waals surface area (Å²) in [7, 11) is -3.71. The molecule has 1 aliphatic heterocycles. The molecule has 2 aromatic carbocycles. The molecule has 1 N–H and O–H groups in total. The van der Waals surface area contributed by atoms with E-state index in [1.54, 1.807) is 37.4 Å². The summed E-state index contributed by atoms with van der Waals surface area (Å²) in [6.45, 7) is 2.78. The highest BCUT2D eigenvalue weighted by Gasteiger charge is 2.38. The minimum absolute atomic E-state index is 0.246. The molecular weight excluding hydrogens is 467 g/mol. The van der Waals surface area contributed by atoms with Gasteiger partial charge in [0.05, 0.1) is 16.8 Å². The molecule has 2 heterocycles. The number of piperazine rings is 1. The molecule has 1 aromatic heterocycles. The molecule has 30 heavy (non-hydrogen) atoms. The fraction of sp³-hybridized carbons (Fsp3) is 0.250. The van der Waals surface area contributed by atoms with Crippen molar-refractivity contribution < 1.29 is 12.4 Å². The Morgan fingerprint density at radius 1 is 1.03 bits per heavy atom. The average Bonchev–Trinajstić information content (AvgIpc) is 3.15. The fourth-order valence-corrected chi connectivity index (χ4v) is 5.86. The first-order valence-corrected chi connectivity index (χ1v) is 11.8. The van der Waals surface area contributed by atoms with Crippen LogP contribution < -0.4 is 8.87 Å². The van der Waals surface area contributed by atoms with Gasteiger partial charge in [0.15, 0.2) is 0 Å². The van der Waals surface area contributed by atoms with Crippen LogP contribution in [0.4, 0.5) is 5.69 Å². The molecule has 0 saturated carbocycles. The molecule has 0 aliphatic carbocycles. The van der Waals surface area contributed by atoms with E-state index in [0.29, 0.717) is 34.0 Å². The average molecular weight is 487 g/mol. The minimum atomic E-state index is -3.71. The summed E-state index contributed by atoms with van der Waals surface area (Å²) in [5, 5.41) is 1.69. The Bertz CT molecular complexity index is 1170. The molecule has 4 rings (SSSR count). The van der Waals surface area contributed by atoms with Crippen LogP contribution in [0.15, 0.2) is 54.9 Å². The van der Waals surface area contributed by atoms with Gasteiger partial charge in [-0.1, -0.05) is 46.9 Å². The summed E-state index contributed by atoms with van der Waals surface area (Å²) in [5.41, 5.74) is 1.75. The second kappa shape index (κ2) is 8.40. The van der Waals surface area contributed by atoms with Crippen molar-refractivity contribution in [3.05, 3.63) is 81.3 Å². The van der Waals surface area contributed by atoms with Crippen LogP contribution in [0.5, 0.6) is 0 Å². The molecule has 6 nitrogen and oxygen atoms in total. The highest BCUT2D eigenvalue weighted by atomic mass is 35.5. The van der Waals surface area contributed by atoms with Crippen LogP contribution >= 0.6 is 34.8 Å². The van der Waals surface area contributed by atoms with E-state index in [9.17, 15) is 8.42 Å². The number of imidazole rings is 1. The summed E-state index contributed by atoms with van der Waals surface area (Å²) in [4.78, 5) is 5.03. The van der Waals surface area contributed by atoms with Crippen molar-refractivity contribution in [1.82, 2.24) is 9.29 Å². The monoisotopic (exact) mass is 485 g/mol. The number of nitrogens with one attached hydrogen (secondary N) is 1. The van der Waals surface area contributed by atoms with E-state index in [1.165, 1.54) is 14.5 Å². The van der Waals surface area contributed by atoms with E-state index >= 15 is 0 Å². The molecule has 10 heteroatoms. The number of aromatic amines is 1. The van der Waals surface area contributed by atoms with E-state index in [-0.39, 0.29) is 12.6 Å². The topological polar surface area (TPSA) is 60.3 Å². The normalized spacial score (nSPS) is 18.0. The zero-order chi connectivity index (χ0) is 21.5. The highest BCUT2D eigenvalue weighted by Crippen LogP contribution is 2.37. The third kappa shape index (κ3) is 4.05. The van der Waals surface area contributed by atoms with Crippen molar-refractivity contribution in [2.45, 2.75) is 13.0 Å². The van der Waals surface area contributed by atoms with Crippen molar-refractivity contribution in [3.63, 3.8) is 0 Å². The maximum atomic E-state index is 13.2. The number of aromatic nitrogens is 2. The predicted octanol–water partition coefficient (Wildman–Crippen LogP) is 4.23. The lowest BCUT2D eigenvalue weighted by atomic mass is 10.0. The summed E-state index contributed by atoms with van der Waals surface area (Å²) in [6.07, 6.45) is 3.12. The van der Waals surface area contributed by atoms with Gasteiger partial charge in [-0.25, -0.2) is 4.98 Å². The van der Waals surface area contributed by atoms with Gasteiger partial charge in [-0.15, -0.1) is 3.97 Å². The number of benzene rings is 2. The Morgan fingerprint density at radius 3 is 2.37 bits per heavy atom. The Balaban J connectivity index is 1.73. The first-order chi connectivity index (χ1) is 14.3. The van der Waals surface area contributed by atoms with E-state index in [4.69, 9.17) is 34.8 Å². The van der Waals surface area contributed by atoms with Crippen LogP contribution in [-0.4, -0.2) is 37.3 Å². The molecule has 3 aromatic rings. The van der Waals surface area contributed by atoms with E-state index < -0.39 is 10.2 Å². The highest BCUT2D eigenvalue weighted by molar-refractivity contribution is 7.82. The second-order valence-electron chi connectivity index (χ2n) is 7.06. The van der Waals surface area contributed by atoms with E-state index in [2.05, 4.69) is 9.88 Å². The number of rotatable bonds is 4. The van der Waals surface area contributed by atoms with Crippen LogP contribution in [-0.2, 0) is 10.2 Å². The Hall–Kier alpha value is -1.77. The third-order valence-electron chi connectivity index (χ3n) is 5.22. The number of aryl methyl sites for hydroxylation is 1. The van der Waals surface area contributed by atoms with Gasteiger partial charge in [-0.05, 0) is 35.9 Å². The first kappa shape index (κ1) is 21.5. The molecule has 1 aliphatic rings. The van der Waals surface area contributed by atoms with Crippen LogP contribution in [0.3, 0.4) is 0 Å². The van der Waals surface area contributed by atoms with Crippen molar-refractivity contribution >= 4 is 50.7 Å². The van der Waals surface area contributed by atoms with Crippen LogP contribution in [0.2, 0.25) is 15.1 Å². The molecule has 1 unspecified atom stereocenters. The summed E-state index contributed by atoms with van der Waals surface area (Å²) >= 11 is 18.6. The second-order valence-corrected chi connectivity index (χ2v) is 10.1. The van der Waals surface area contributed by atoms with Crippen LogP contribution in [0.25, 0.3) is 0 Å². The number of halogens is 3. The summed E-state index contributed by atoms with van der Waals surface area (Å²) < 4.78 is 29.2. The summed E-state index contributed by atoms with van der Waals surface area (Å²) in [5.74, 6) is 0.543. The maximum absolute atomic E-state index is 13.2. The van der Waals surface area contributed by atoms with E-state index in [0.717, 1.165) is 11.3 Å². The van der Waals surface area contributed by atoms with Gasteiger partial charge in [-0.3, -0.25) is 0 Å². The standard InChI is InChI=1S/C20H19Cl3N4O2S/c1-14-24-8-9-27(14)30(28,29)25-10-11-26(19-7-6-17(22)12-18(19)23)20(13-25)15-2-4-16(21)5-3-15/h2-9,12,20H,10-11,13H2,1H3/p+1. The van der Waals surface area contributed by atoms with Gasteiger partial charge in [0.1, 0.15) is 12.4 Å². The lowest BCUT2D eigenvalue weighted by Crippen LogP contribution is -2.59. The SMILES string of the molecule is Cc1[nH]cc[n+]1S(=O)(=O)N1CCN(c2ccc(Cl)cc2Cl)C(c2ccc(Cl)cc2)C1.